The summed E-state index contributed by atoms with van der Waals surface area (Å²) in [6.45, 7) is 9.42. The SMILES string of the molecule is CCCC(=O)N1CCCN(CC)CC1. The monoisotopic (exact) mass is 198 g/mol. The lowest BCUT2D eigenvalue weighted by Gasteiger charge is -2.20. The fraction of sp³-hybridized carbons (Fsp3) is 0.909. The first-order valence-corrected chi connectivity index (χ1v) is 5.78. The van der Waals surface area contributed by atoms with Gasteiger partial charge in [0.05, 0.1) is 0 Å². The van der Waals surface area contributed by atoms with E-state index in [1.165, 1.54) is 0 Å². The fourth-order valence-electron chi connectivity index (χ4n) is 1.91. The fourth-order valence-corrected chi connectivity index (χ4v) is 1.91. The number of hydrogen-bond donors (Lipinski definition) is 0. The van der Waals surface area contributed by atoms with E-state index in [2.05, 4.69) is 18.7 Å². The molecule has 1 amide bonds. The summed E-state index contributed by atoms with van der Waals surface area (Å²) in [7, 11) is 0. The number of carbonyl (C=O) groups is 1. The molecule has 1 rings (SSSR count). The maximum atomic E-state index is 11.7. The summed E-state index contributed by atoms with van der Waals surface area (Å²) in [5, 5.41) is 0. The van der Waals surface area contributed by atoms with Gasteiger partial charge < -0.3 is 9.80 Å². The predicted molar refractivity (Wildman–Crippen MR) is 58.2 cm³/mol. The molecule has 0 saturated carbocycles. The van der Waals surface area contributed by atoms with Gasteiger partial charge in [-0.3, -0.25) is 4.79 Å². The van der Waals surface area contributed by atoms with E-state index < -0.39 is 0 Å². The van der Waals surface area contributed by atoms with Crippen LogP contribution >= 0.6 is 0 Å². The molecule has 82 valence electrons. The molecule has 3 nitrogen and oxygen atoms in total. The van der Waals surface area contributed by atoms with Crippen molar-refractivity contribution in [1.29, 1.82) is 0 Å². The van der Waals surface area contributed by atoms with Crippen LogP contribution in [0.1, 0.15) is 33.1 Å². The molecule has 1 fully saturated rings. The minimum absolute atomic E-state index is 0.338. The third-order valence-electron chi connectivity index (χ3n) is 2.85. The Balaban J connectivity index is 2.37. The zero-order valence-electron chi connectivity index (χ0n) is 9.46. The van der Waals surface area contributed by atoms with Gasteiger partial charge in [-0.05, 0) is 25.9 Å². The molecule has 0 aliphatic carbocycles. The van der Waals surface area contributed by atoms with Crippen molar-refractivity contribution in [3.63, 3.8) is 0 Å². The van der Waals surface area contributed by atoms with Crippen molar-refractivity contribution in [1.82, 2.24) is 9.80 Å². The van der Waals surface area contributed by atoms with Crippen LogP contribution in [0, 0.1) is 0 Å². The van der Waals surface area contributed by atoms with Gasteiger partial charge in [0.15, 0.2) is 0 Å². The highest BCUT2D eigenvalue weighted by Gasteiger charge is 2.16. The van der Waals surface area contributed by atoms with E-state index in [-0.39, 0.29) is 0 Å². The molecule has 3 heteroatoms. The van der Waals surface area contributed by atoms with Gasteiger partial charge in [0.1, 0.15) is 0 Å². The average Bonchev–Trinajstić information content (AvgIpc) is 2.42. The number of carbonyl (C=O) groups excluding carboxylic acids is 1. The van der Waals surface area contributed by atoms with Gasteiger partial charge in [0, 0.05) is 26.1 Å². The summed E-state index contributed by atoms with van der Waals surface area (Å²) in [5.41, 5.74) is 0. The zero-order chi connectivity index (χ0) is 10.4. The highest BCUT2D eigenvalue weighted by atomic mass is 16.2. The van der Waals surface area contributed by atoms with Crippen LogP contribution in [0.3, 0.4) is 0 Å². The van der Waals surface area contributed by atoms with E-state index >= 15 is 0 Å². The van der Waals surface area contributed by atoms with Crippen LogP contribution in [-0.4, -0.2) is 48.4 Å². The molecule has 0 aromatic rings. The molecule has 1 aliphatic rings. The van der Waals surface area contributed by atoms with Crippen LogP contribution in [0.15, 0.2) is 0 Å². The molecule has 14 heavy (non-hydrogen) atoms. The van der Waals surface area contributed by atoms with Crippen molar-refractivity contribution < 1.29 is 4.79 Å². The van der Waals surface area contributed by atoms with Crippen LogP contribution < -0.4 is 0 Å². The second kappa shape index (κ2) is 6.02. The third kappa shape index (κ3) is 3.29. The Hall–Kier alpha value is -0.570. The highest BCUT2D eigenvalue weighted by molar-refractivity contribution is 5.76. The molecule has 0 N–H and O–H groups in total. The molecule has 0 bridgehead atoms. The van der Waals surface area contributed by atoms with Crippen LogP contribution in [0.2, 0.25) is 0 Å². The number of amides is 1. The maximum Gasteiger partial charge on any atom is 0.222 e. The first-order chi connectivity index (χ1) is 6.77. The number of hydrogen-bond acceptors (Lipinski definition) is 2. The Labute approximate surface area is 87.1 Å². The molecular weight excluding hydrogens is 176 g/mol. The Kier molecular flexibility index (Phi) is 4.94. The van der Waals surface area contributed by atoms with Crippen molar-refractivity contribution in [2.75, 3.05) is 32.7 Å². The second-order valence-electron chi connectivity index (χ2n) is 3.92. The number of nitrogens with zero attached hydrogens (tertiary/aromatic N) is 2. The molecule has 1 aliphatic heterocycles. The Morgan fingerprint density at radius 3 is 2.57 bits per heavy atom. The first kappa shape index (κ1) is 11.5. The number of rotatable bonds is 3. The second-order valence-corrected chi connectivity index (χ2v) is 3.92. The van der Waals surface area contributed by atoms with Gasteiger partial charge in [-0.1, -0.05) is 13.8 Å². The van der Waals surface area contributed by atoms with Crippen molar-refractivity contribution in [2.24, 2.45) is 0 Å². The summed E-state index contributed by atoms with van der Waals surface area (Å²) in [6, 6.07) is 0. The maximum absolute atomic E-state index is 11.7. The van der Waals surface area contributed by atoms with Gasteiger partial charge in [-0.15, -0.1) is 0 Å². The average molecular weight is 198 g/mol. The van der Waals surface area contributed by atoms with Crippen molar-refractivity contribution in [3.05, 3.63) is 0 Å². The molecule has 0 aromatic carbocycles. The Morgan fingerprint density at radius 2 is 1.93 bits per heavy atom. The van der Waals surface area contributed by atoms with Crippen molar-refractivity contribution >= 4 is 5.91 Å². The molecule has 0 radical (unpaired) electrons. The minimum atomic E-state index is 0.338. The zero-order valence-corrected chi connectivity index (χ0v) is 9.46. The van der Waals surface area contributed by atoms with E-state index in [0.717, 1.165) is 45.6 Å². The molecule has 1 saturated heterocycles. The Morgan fingerprint density at radius 1 is 1.14 bits per heavy atom. The predicted octanol–water partition coefficient (Wildman–Crippen LogP) is 1.34. The minimum Gasteiger partial charge on any atom is -0.341 e. The topological polar surface area (TPSA) is 23.6 Å². The summed E-state index contributed by atoms with van der Waals surface area (Å²) < 4.78 is 0. The van der Waals surface area contributed by atoms with Gasteiger partial charge in [-0.25, -0.2) is 0 Å². The van der Waals surface area contributed by atoms with Crippen LogP contribution in [0.4, 0.5) is 0 Å². The van der Waals surface area contributed by atoms with Gasteiger partial charge >= 0.3 is 0 Å². The summed E-state index contributed by atoms with van der Waals surface area (Å²) in [4.78, 5) is 16.1. The van der Waals surface area contributed by atoms with Crippen molar-refractivity contribution in [2.45, 2.75) is 33.1 Å². The lowest BCUT2D eigenvalue weighted by molar-refractivity contribution is -0.131. The van der Waals surface area contributed by atoms with E-state index in [0.29, 0.717) is 12.3 Å². The highest BCUT2D eigenvalue weighted by Crippen LogP contribution is 2.05. The molecule has 0 atom stereocenters. The smallest absolute Gasteiger partial charge is 0.222 e. The Bertz CT molecular complexity index is 182. The molecule has 1 heterocycles. The van der Waals surface area contributed by atoms with E-state index in [4.69, 9.17) is 0 Å². The van der Waals surface area contributed by atoms with Crippen LogP contribution in [0.25, 0.3) is 0 Å². The first-order valence-electron chi connectivity index (χ1n) is 5.78. The van der Waals surface area contributed by atoms with Gasteiger partial charge in [0.2, 0.25) is 5.91 Å². The standard InChI is InChI=1S/C11H22N2O/c1-3-6-11(14)13-8-5-7-12(4-2)9-10-13/h3-10H2,1-2H3. The summed E-state index contributed by atoms with van der Waals surface area (Å²) in [5.74, 6) is 0.338. The van der Waals surface area contributed by atoms with Crippen LogP contribution in [0.5, 0.6) is 0 Å². The molecule has 0 unspecified atom stereocenters. The van der Waals surface area contributed by atoms with Crippen LogP contribution in [-0.2, 0) is 4.79 Å². The van der Waals surface area contributed by atoms with Gasteiger partial charge in [-0.2, -0.15) is 0 Å². The van der Waals surface area contributed by atoms with Gasteiger partial charge in [0.25, 0.3) is 0 Å². The largest absolute Gasteiger partial charge is 0.341 e. The van der Waals surface area contributed by atoms with E-state index in [9.17, 15) is 4.79 Å². The summed E-state index contributed by atoms with van der Waals surface area (Å²) in [6.07, 6.45) is 2.81. The molecule has 0 spiro atoms. The van der Waals surface area contributed by atoms with E-state index in [1.54, 1.807) is 0 Å². The third-order valence-corrected chi connectivity index (χ3v) is 2.85. The normalized spacial score (nSPS) is 19.4. The quantitative estimate of drug-likeness (QED) is 0.683. The lowest BCUT2D eigenvalue weighted by Crippen LogP contribution is -2.34. The summed E-state index contributed by atoms with van der Waals surface area (Å²) >= 11 is 0. The van der Waals surface area contributed by atoms with Crippen molar-refractivity contribution in [3.8, 4) is 0 Å². The molecule has 0 aromatic heterocycles. The van der Waals surface area contributed by atoms with E-state index in [1.807, 2.05) is 4.90 Å². The molecular formula is C11H22N2O. The number of likely N-dealkylation sites (N-methyl/N-ethyl adjacent to an activating group) is 1. The lowest BCUT2D eigenvalue weighted by atomic mass is 10.3.